The van der Waals surface area contributed by atoms with Gasteiger partial charge in [-0.3, -0.25) is 0 Å². The average Bonchev–Trinajstić information content (AvgIpc) is 3.32. The lowest BCUT2D eigenvalue weighted by molar-refractivity contribution is 0.767. The van der Waals surface area contributed by atoms with Crippen molar-refractivity contribution in [1.29, 1.82) is 0 Å². The Morgan fingerprint density at radius 2 is 1.50 bits per heavy atom. The van der Waals surface area contributed by atoms with Gasteiger partial charge in [-0.05, 0) is 34.6 Å². The molecular weight excluding hydrogens is 356 g/mol. The van der Waals surface area contributed by atoms with Crippen LogP contribution < -0.4 is 10.2 Å². The van der Waals surface area contributed by atoms with Crippen LogP contribution in [0.5, 0.6) is 0 Å². The van der Waals surface area contributed by atoms with Crippen molar-refractivity contribution in [3.63, 3.8) is 0 Å². The van der Waals surface area contributed by atoms with Gasteiger partial charge in [-0.1, -0.05) is 0 Å². The molecule has 28 heavy (non-hydrogen) atoms. The summed E-state index contributed by atoms with van der Waals surface area (Å²) < 4.78 is 3.55. The van der Waals surface area contributed by atoms with Crippen LogP contribution in [0.2, 0.25) is 0 Å². The summed E-state index contributed by atoms with van der Waals surface area (Å²) in [5.41, 5.74) is 4.08. The summed E-state index contributed by atoms with van der Waals surface area (Å²) in [6.07, 6.45) is 3.07. The maximum Gasteiger partial charge on any atom is 0.254 e. The van der Waals surface area contributed by atoms with Gasteiger partial charge >= 0.3 is 0 Å². The van der Waals surface area contributed by atoms with E-state index >= 15 is 0 Å². The first-order valence-corrected chi connectivity index (χ1v) is 9.34. The quantitative estimate of drug-likeness (QED) is 0.540. The minimum absolute atomic E-state index is 0.600. The van der Waals surface area contributed by atoms with E-state index in [0.717, 1.165) is 53.8 Å². The molecule has 4 aromatic heterocycles. The summed E-state index contributed by atoms with van der Waals surface area (Å²) in [5.74, 6) is 3.17. The molecule has 0 aliphatic carbocycles. The van der Waals surface area contributed by atoms with Crippen LogP contribution in [0, 0.1) is 27.7 Å². The van der Waals surface area contributed by atoms with E-state index < -0.39 is 0 Å². The standard InChI is InChI=1S/C18H24N10/c1-6-26(16-12(3)14(5)25-18-21-10-23-28(16)18)8-7-19-15-11(2)13(4)24-17-20-9-22-27(15)17/h9-10,19H,6-8H2,1-5H3. The van der Waals surface area contributed by atoms with Crippen LogP contribution in [-0.4, -0.2) is 58.8 Å². The second kappa shape index (κ2) is 7.02. The number of aryl methyl sites for hydroxylation is 2. The molecule has 0 bridgehead atoms. The second-order valence-corrected chi connectivity index (χ2v) is 6.77. The molecule has 0 atom stereocenters. The van der Waals surface area contributed by atoms with Crippen molar-refractivity contribution in [2.24, 2.45) is 0 Å². The van der Waals surface area contributed by atoms with Crippen LogP contribution in [-0.2, 0) is 0 Å². The summed E-state index contributed by atoms with van der Waals surface area (Å²) in [6, 6.07) is 0. The lowest BCUT2D eigenvalue weighted by atomic mass is 10.2. The molecule has 0 fully saturated rings. The highest BCUT2D eigenvalue weighted by Gasteiger charge is 2.17. The molecule has 0 saturated heterocycles. The van der Waals surface area contributed by atoms with Crippen LogP contribution in [0.3, 0.4) is 0 Å². The number of hydrogen-bond acceptors (Lipinski definition) is 8. The van der Waals surface area contributed by atoms with Gasteiger partial charge in [-0.15, -0.1) is 0 Å². The zero-order valence-electron chi connectivity index (χ0n) is 16.8. The monoisotopic (exact) mass is 380 g/mol. The number of anilines is 2. The predicted octanol–water partition coefficient (Wildman–Crippen LogP) is 1.73. The van der Waals surface area contributed by atoms with Crippen LogP contribution in [0.1, 0.15) is 29.4 Å². The maximum absolute atomic E-state index is 4.51. The molecule has 0 saturated carbocycles. The Kier molecular flexibility index (Phi) is 4.54. The molecular formula is C18H24N10. The zero-order chi connectivity index (χ0) is 19.8. The molecule has 10 nitrogen and oxygen atoms in total. The Morgan fingerprint density at radius 3 is 2.18 bits per heavy atom. The molecule has 0 aliphatic rings. The average molecular weight is 380 g/mol. The Labute approximate surface area is 162 Å². The molecule has 0 aliphatic heterocycles. The molecule has 146 valence electrons. The zero-order valence-corrected chi connectivity index (χ0v) is 16.8. The van der Waals surface area contributed by atoms with Crippen molar-refractivity contribution in [3.8, 4) is 0 Å². The molecule has 10 heteroatoms. The fourth-order valence-corrected chi connectivity index (χ4v) is 3.35. The van der Waals surface area contributed by atoms with Crippen LogP contribution in [0.15, 0.2) is 12.7 Å². The van der Waals surface area contributed by atoms with Gasteiger partial charge in [0.2, 0.25) is 0 Å². The third-order valence-electron chi connectivity index (χ3n) is 5.14. The van der Waals surface area contributed by atoms with Crippen molar-refractivity contribution in [2.75, 3.05) is 29.9 Å². The van der Waals surface area contributed by atoms with Gasteiger partial charge in [0.25, 0.3) is 11.6 Å². The molecule has 1 N–H and O–H groups in total. The number of fused-ring (bicyclic) bond motifs is 2. The lowest BCUT2D eigenvalue weighted by Gasteiger charge is -2.26. The van der Waals surface area contributed by atoms with Crippen molar-refractivity contribution >= 4 is 23.2 Å². The van der Waals surface area contributed by atoms with Crippen molar-refractivity contribution in [2.45, 2.75) is 34.6 Å². The normalized spacial score (nSPS) is 11.5. The topological polar surface area (TPSA) is 101 Å². The van der Waals surface area contributed by atoms with E-state index in [9.17, 15) is 0 Å². The first-order valence-electron chi connectivity index (χ1n) is 9.34. The highest BCUT2D eigenvalue weighted by molar-refractivity contribution is 5.55. The Balaban J connectivity index is 1.60. The molecule has 0 radical (unpaired) electrons. The number of aromatic nitrogens is 8. The summed E-state index contributed by atoms with van der Waals surface area (Å²) >= 11 is 0. The SMILES string of the molecule is CCN(CCNc1c(C)c(C)nc2ncnn12)c1c(C)c(C)nc2ncnn12. The van der Waals surface area contributed by atoms with Gasteiger partial charge in [0.05, 0.1) is 0 Å². The first kappa shape index (κ1) is 18.1. The van der Waals surface area contributed by atoms with E-state index in [1.54, 1.807) is 10.8 Å². The van der Waals surface area contributed by atoms with E-state index in [1.165, 1.54) is 6.33 Å². The minimum atomic E-state index is 0.600. The number of hydrogen-bond donors (Lipinski definition) is 1. The molecule has 0 unspecified atom stereocenters. The molecule has 4 aromatic rings. The molecule has 4 rings (SSSR count). The number of rotatable bonds is 6. The minimum Gasteiger partial charge on any atom is -0.368 e. The van der Waals surface area contributed by atoms with Gasteiger partial charge in [0.1, 0.15) is 24.3 Å². The first-order chi connectivity index (χ1) is 13.5. The lowest BCUT2D eigenvalue weighted by Crippen LogP contribution is -2.32. The van der Waals surface area contributed by atoms with Gasteiger partial charge in [-0.2, -0.15) is 29.2 Å². The Morgan fingerprint density at radius 1 is 0.893 bits per heavy atom. The van der Waals surface area contributed by atoms with Crippen LogP contribution in [0.25, 0.3) is 11.6 Å². The predicted molar refractivity (Wildman–Crippen MR) is 107 cm³/mol. The van der Waals surface area contributed by atoms with Gasteiger partial charge < -0.3 is 10.2 Å². The van der Waals surface area contributed by atoms with E-state index in [0.29, 0.717) is 11.6 Å². The summed E-state index contributed by atoms with van der Waals surface area (Å²) in [6.45, 7) is 12.6. The smallest absolute Gasteiger partial charge is 0.254 e. The summed E-state index contributed by atoms with van der Waals surface area (Å²) in [5, 5.41) is 12.2. The van der Waals surface area contributed by atoms with Crippen molar-refractivity contribution in [1.82, 2.24) is 39.2 Å². The highest BCUT2D eigenvalue weighted by Crippen LogP contribution is 2.22. The Bertz CT molecular complexity index is 1140. The Hall–Kier alpha value is -3.30. The van der Waals surface area contributed by atoms with E-state index in [2.05, 4.69) is 54.2 Å². The highest BCUT2D eigenvalue weighted by atomic mass is 15.4. The van der Waals surface area contributed by atoms with Crippen LogP contribution >= 0.6 is 0 Å². The number of nitrogens with zero attached hydrogens (tertiary/aromatic N) is 9. The van der Waals surface area contributed by atoms with E-state index in [1.807, 2.05) is 25.3 Å². The third kappa shape index (κ3) is 2.90. The number of nitrogens with one attached hydrogen (secondary N) is 1. The summed E-state index contributed by atoms with van der Waals surface area (Å²) in [4.78, 5) is 19.7. The fourth-order valence-electron chi connectivity index (χ4n) is 3.35. The van der Waals surface area contributed by atoms with Gasteiger partial charge in [0.15, 0.2) is 0 Å². The third-order valence-corrected chi connectivity index (χ3v) is 5.14. The molecule has 0 aromatic carbocycles. The van der Waals surface area contributed by atoms with Crippen molar-refractivity contribution < 1.29 is 0 Å². The number of likely N-dealkylation sites (N-methyl/N-ethyl adjacent to an activating group) is 1. The van der Waals surface area contributed by atoms with Crippen LogP contribution in [0.4, 0.5) is 11.6 Å². The second-order valence-electron chi connectivity index (χ2n) is 6.77. The van der Waals surface area contributed by atoms with E-state index in [4.69, 9.17) is 0 Å². The van der Waals surface area contributed by atoms with Crippen molar-refractivity contribution in [3.05, 3.63) is 35.2 Å². The van der Waals surface area contributed by atoms with Gasteiger partial charge in [0, 0.05) is 42.1 Å². The largest absolute Gasteiger partial charge is 0.368 e. The summed E-state index contributed by atoms with van der Waals surface area (Å²) in [7, 11) is 0. The fraction of sp³-hybridized carbons (Fsp3) is 0.444. The van der Waals surface area contributed by atoms with E-state index in [-0.39, 0.29) is 0 Å². The molecule has 4 heterocycles. The maximum atomic E-state index is 4.51. The molecule has 0 amide bonds. The molecule has 0 spiro atoms. The van der Waals surface area contributed by atoms with Gasteiger partial charge in [-0.25, -0.2) is 9.97 Å².